The molecule has 27 heavy (non-hydrogen) atoms. The van der Waals surface area contributed by atoms with Gasteiger partial charge in [0.1, 0.15) is 0 Å². The summed E-state index contributed by atoms with van der Waals surface area (Å²) >= 11 is -0.125. The second kappa shape index (κ2) is 5.59. The molecule has 0 N–H and O–H groups in total. The first-order chi connectivity index (χ1) is 12.8. The Hall–Kier alpha value is -1.36. The van der Waals surface area contributed by atoms with Crippen molar-refractivity contribution in [3.63, 3.8) is 0 Å². The van der Waals surface area contributed by atoms with Crippen LogP contribution in [-0.4, -0.2) is 23.6 Å². The van der Waals surface area contributed by atoms with E-state index in [0.29, 0.717) is 12.0 Å². The van der Waals surface area contributed by atoms with E-state index in [1.165, 1.54) is 22.5 Å². The SMILES string of the molecule is CN1I=C(C2C3C2C(C)(C)c2ccccc2N3C)C(C)(C)c2ccccc21. The fourth-order valence-electron chi connectivity index (χ4n) is 5.79. The summed E-state index contributed by atoms with van der Waals surface area (Å²) in [5, 5.41) is 0. The van der Waals surface area contributed by atoms with Crippen LogP contribution in [0.5, 0.6) is 0 Å². The smallest absolute Gasteiger partial charge is 0.0490 e. The van der Waals surface area contributed by atoms with E-state index in [0.717, 1.165) is 5.92 Å². The highest BCUT2D eigenvalue weighted by Gasteiger charge is 2.66. The van der Waals surface area contributed by atoms with Crippen molar-refractivity contribution in [3.05, 3.63) is 59.7 Å². The topological polar surface area (TPSA) is 6.48 Å². The van der Waals surface area contributed by atoms with E-state index in [1.54, 1.807) is 0 Å². The predicted octanol–water partition coefficient (Wildman–Crippen LogP) is 5.51. The largest absolute Gasteiger partial charge is 0.370 e. The van der Waals surface area contributed by atoms with Gasteiger partial charge >= 0.3 is 0 Å². The van der Waals surface area contributed by atoms with E-state index < -0.39 is 0 Å². The van der Waals surface area contributed by atoms with Crippen LogP contribution in [-0.2, 0) is 10.8 Å². The molecule has 142 valence electrons. The summed E-state index contributed by atoms with van der Waals surface area (Å²) < 4.78 is 4.39. The minimum Gasteiger partial charge on any atom is -0.370 e. The number of halogens is 1. The molecule has 0 bridgehead atoms. The molecular formula is C24H29IN2. The van der Waals surface area contributed by atoms with Gasteiger partial charge in [0.25, 0.3) is 0 Å². The maximum atomic E-state index is 2.59. The minimum absolute atomic E-state index is 0.125. The second-order valence-corrected chi connectivity index (χ2v) is 12.5. The van der Waals surface area contributed by atoms with E-state index >= 15 is 0 Å². The van der Waals surface area contributed by atoms with Crippen LogP contribution in [0.4, 0.5) is 11.4 Å². The molecule has 3 aliphatic rings. The number of anilines is 2. The summed E-state index contributed by atoms with van der Waals surface area (Å²) in [5.41, 5.74) is 6.32. The van der Waals surface area contributed by atoms with Gasteiger partial charge < -0.3 is 8.01 Å². The Morgan fingerprint density at radius 1 is 0.815 bits per heavy atom. The first kappa shape index (κ1) is 17.7. The van der Waals surface area contributed by atoms with Gasteiger partial charge in [-0.2, -0.15) is 0 Å². The number of hydrogen-bond acceptors (Lipinski definition) is 2. The van der Waals surface area contributed by atoms with Gasteiger partial charge in [-0.15, -0.1) is 0 Å². The fraction of sp³-hybridized carbons (Fsp3) is 0.458. The first-order valence-electron chi connectivity index (χ1n) is 9.94. The molecule has 0 saturated heterocycles. The van der Waals surface area contributed by atoms with E-state index in [-0.39, 0.29) is 31.8 Å². The summed E-state index contributed by atoms with van der Waals surface area (Å²) in [6.07, 6.45) is 0. The zero-order chi connectivity index (χ0) is 19.1. The van der Waals surface area contributed by atoms with Crippen LogP contribution < -0.4 is 8.01 Å². The van der Waals surface area contributed by atoms with Gasteiger partial charge in [0.15, 0.2) is 0 Å². The molecule has 5 rings (SSSR count). The molecule has 3 atom stereocenters. The third-order valence-corrected chi connectivity index (χ3v) is 11.1. The Balaban J connectivity index is 1.61. The molecular weight excluding hydrogens is 443 g/mol. The molecule has 2 heterocycles. The van der Waals surface area contributed by atoms with Crippen molar-refractivity contribution in [1.29, 1.82) is 0 Å². The van der Waals surface area contributed by atoms with Crippen LogP contribution in [0.1, 0.15) is 38.8 Å². The summed E-state index contributed by atoms with van der Waals surface area (Å²) in [5.74, 6) is 1.43. The van der Waals surface area contributed by atoms with E-state index in [1.807, 2.05) is 3.51 Å². The van der Waals surface area contributed by atoms with E-state index in [9.17, 15) is 0 Å². The molecule has 1 fully saturated rings. The van der Waals surface area contributed by atoms with E-state index in [2.05, 4.69) is 98.3 Å². The molecule has 0 aromatic heterocycles. The summed E-state index contributed by atoms with van der Waals surface area (Å²) in [6, 6.07) is 18.8. The van der Waals surface area contributed by atoms with Gasteiger partial charge in [-0.25, -0.2) is 0 Å². The lowest BCUT2D eigenvalue weighted by Gasteiger charge is -2.38. The van der Waals surface area contributed by atoms with Gasteiger partial charge in [-0.1, -0.05) is 64.1 Å². The van der Waals surface area contributed by atoms with Crippen LogP contribution in [0.25, 0.3) is 0 Å². The zero-order valence-electron chi connectivity index (χ0n) is 17.1. The molecule has 2 aromatic rings. The van der Waals surface area contributed by atoms with Crippen LogP contribution in [0.15, 0.2) is 48.5 Å². The highest BCUT2D eigenvalue weighted by molar-refractivity contribution is 14.2. The van der Waals surface area contributed by atoms with Gasteiger partial charge in [0.2, 0.25) is 0 Å². The Kier molecular flexibility index (Phi) is 3.67. The number of hydrogen-bond donors (Lipinski definition) is 0. The van der Waals surface area contributed by atoms with Crippen molar-refractivity contribution in [1.82, 2.24) is 0 Å². The molecule has 2 aromatic carbocycles. The Bertz CT molecular complexity index is 958. The zero-order valence-corrected chi connectivity index (χ0v) is 19.3. The van der Waals surface area contributed by atoms with Crippen molar-refractivity contribution in [2.75, 3.05) is 22.1 Å². The van der Waals surface area contributed by atoms with Crippen LogP contribution in [0.3, 0.4) is 0 Å². The molecule has 1 aliphatic carbocycles. The Morgan fingerprint density at radius 3 is 2.11 bits per heavy atom. The third-order valence-electron chi connectivity index (χ3n) is 7.26. The lowest BCUT2D eigenvalue weighted by atomic mass is 9.74. The van der Waals surface area contributed by atoms with Crippen LogP contribution >= 0.6 is 21.0 Å². The summed E-state index contributed by atoms with van der Waals surface area (Å²) in [4.78, 5) is 2.59. The molecule has 1 saturated carbocycles. The second-order valence-electron chi connectivity index (χ2n) is 9.44. The predicted molar refractivity (Wildman–Crippen MR) is 126 cm³/mol. The number of nitrogens with zero attached hydrogens (tertiary/aromatic N) is 2. The van der Waals surface area contributed by atoms with Gasteiger partial charge in [0.05, 0.1) is 0 Å². The van der Waals surface area contributed by atoms with Crippen molar-refractivity contribution in [2.45, 2.75) is 44.6 Å². The highest BCUT2D eigenvalue weighted by Crippen LogP contribution is 2.64. The molecule has 2 aliphatic heterocycles. The number of benzene rings is 2. The van der Waals surface area contributed by atoms with Crippen LogP contribution in [0, 0.1) is 11.8 Å². The standard InChI is InChI=1S/C24H29IN2/c1-23(2)15-11-7-9-13-17(15)26(5)21-19(20(21)23)22-24(3,4)16-12-8-10-14-18(16)27(6)25-22/h7-14,19-21H,1-6H3. The normalized spacial score (nSPS) is 29.7. The van der Waals surface area contributed by atoms with Crippen molar-refractivity contribution >= 4 is 35.9 Å². The lowest BCUT2D eigenvalue weighted by molar-refractivity contribution is 0.418. The van der Waals surface area contributed by atoms with Crippen molar-refractivity contribution in [2.24, 2.45) is 11.8 Å². The van der Waals surface area contributed by atoms with E-state index in [4.69, 9.17) is 0 Å². The molecule has 0 amide bonds. The fourth-order valence-corrected chi connectivity index (χ4v) is 9.22. The van der Waals surface area contributed by atoms with Gasteiger partial charge in [0, 0.05) is 42.8 Å². The van der Waals surface area contributed by atoms with Gasteiger partial charge in [-0.05, 0) is 59.1 Å². The highest BCUT2D eigenvalue weighted by atomic mass is 127. The average Bonchev–Trinajstić information content (AvgIpc) is 3.40. The van der Waals surface area contributed by atoms with Gasteiger partial charge in [-0.3, -0.25) is 0 Å². The quantitative estimate of drug-likeness (QED) is 0.399. The Morgan fingerprint density at radius 2 is 1.41 bits per heavy atom. The monoisotopic (exact) mass is 472 g/mol. The molecule has 3 heteroatoms. The van der Waals surface area contributed by atoms with Crippen molar-refractivity contribution in [3.8, 4) is 0 Å². The maximum Gasteiger partial charge on any atom is 0.0490 e. The molecule has 2 nitrogen and oxygen atoms in total. The number of para-hydroxylation sites is 2. The van der Waals surface area contributed by atoms with Crippen LogP contribution in [0.2, 0.25) is 0 Å². The number of rotatable bonds is 1. The third kappa shape index (κ3) is 2.27. The number of fused-ring (bicyclic) bond motifs is 3. The minimum atomic E-state index is -0.125. The summed E-state index contributed by atoms with van der Waals surface area (Å²) in [6.45, 7) is 9.89. The van der Waals surface area contributed by atoms with Crippen molar-refractivity contribution < 1.29 is 0 Å². The molecule has 3 unspecified atom stereocenters. The molecule has 0 spiro atoms. The summed E-state index contributed by atoms with van der Waals surface area (Å²) in [7, 11) is 4.62. The first-order valence-corrected chi connectivity index (χ1v) is 12.0. The lowest BCUT2D eigenvalue weighted by Crippen LogP contribution is -2.37. The maximum absolute atomic E-state index is 2.59. The average molecular weight is 472 g/mol. The molecule has 0 radical (unpaired) electrons. The Labute approximate surface area is 173 Å².